The summed E-state index contributed by atoms with van der Waals surface area (Å²) in [6.07, 6.45) is -2.75. The van der Waals surface area contributed by atoms with Crippen LogP contribution in [0.2, 0.25) is 0 Å². The minimum absolute atomic E-state index is 0.00217. The summed E-state index contributed by atoms with van der Waals surface area (Å²) < 4.78 is 63.5. The van der Waals surface area contributed by atoms with Gasteiger partial charge in [-0.05, 0) is 70.6 Å². The summed E-state index contributed by atoms with van der Waals surface area (Å²) in [4.78, 5) is 25.2. The van der Waals surface area contributed by atoms with Crippen LogP contribution < -0.4 is 10.6 Å². The first kappa shape index (κ1) is 28.8. The molecule has 212 valence electrons. The number of fused-ring (bicyclic) bond motifs is 3. The van der Waals surface area contributed by atoms with E-state index in [-0.39, 0.29) is 69.9 Å². The summed E-state index contributed by atoms with van der Waals surface area (Å²) in [5, 5.41) is 16.3. The molecular weight excluding hydrogens is 520 g/mol. The summed E-state index contributed by atoms with van der Waals surface area (Å²) in [6, 6.07) is 0. The Bertz CT molecular complexity index is 815. The molecular formula is C25H37ClF4N2O5. The van der Waals surface area contributed by atoms with Crippen LogP contribution >= 0.6 is 11.6 Å². The lowest BCUT2D eigenvalue weighted by molar-refractivity contribution is -0.188. The highest BCUT2D eigenvalue weighted by Crippen LogP contribution is 2.47. The van der Waals surface area contributed by atoms with Gasteiger partial charge in [0.05, 0.1) is 35.1 Å². The highest BCUT2D eigenvalue weighted by molar-refractivity contribution is 6.21. The maximum absolute atomic E-state index is 13.8. The fourth-order valence-corrected chi connectivity index (χ4v) is 6.67. The third-order valence-electron chi connectivity index (χ3n) is 8.80. The monoisotopic (exact) mass is 556 g/mol. The van der Waals surface area contributed by atoms with Gasteiger partial charge in [-0.25, -0.2) is 4.39 Å². The van der Waals surface area contributed by atoms with Crippen molar-refractivity contribution in [1.29, 1.82) is 0 Å². The predicted molar refractivity (Wildman–Crippen MR) is 127 cm³/mol. The Hall–Kier alpha value is -1.17. The molecule has 7 nitrogen and oxygen atoms in total. The van der Waals surface area contributed by atoms with Gasteiger partial charge in [-0.15, -0.1) is 11.6 Å². The van der Waals surface area contributed by atoms with Crippen molar-refractivity contribution >= 4 is 23.4 Å². The van der Waals surface area contributed by atoms with Crippen LogP contribution in [-0.2, 0) is 19.1 Å². The van der Waals surface area contributed by atoms with E-state index in [4.69, 9.17) is 21.1 Å². The Morgan fingerprint density at radius 3 is 2.03 bits per heavy atom. The van der Waals surface area contributed by atoms with E-state index in [0.717, 1.165) is 0 Å². The molecule has 2 amide bonds. The Balaban J connectivity index is 1.18. The van der Waals surface area contributed by atoms with Crippen molar-refractivity contribution in [3.05, 3.63) is 0 Å². The number of hydrogen-bond acceptors (Lipinski definition) is 5. The van der Waals surface area contributed by atoms with Crippen molar-refractivity contribution < 1.29 is 41.7 Å². The minimum Gasteiger partial charge on any atom is -0.391 e. The Morgan fingerprint density at radius 1 is 0.892 bits per heavy atom. The van der Waals surface area contributed by atoms with E-state index in [1.165, 1.54) is 0 Å². The predicted octanol–water partition coefficient (Wildman–Crippen LogP) is 3.69. The van der Waals surface area contributed by atoms with Gasteiger partial charge in [0, 0.05) is 12.0 Å². The lowest BCUT2D eigenvalue weighted by Crippen LogP contribution is -2.70. The quantitative estimate of drug-likeness (QED) is 0.313. The van der Waals surface area contributed by atoms with Crippen LogP contribution in [0.3, 0.4) is 0 Å². The first-order valence-electron chi connectivity index (χ1n) is 13.3. The molecule has 0 aromatic heterocycles. The molecule has 5 aliphatic carbocycles. The zero-order valence-electron chi connectivity index (χ0n) is 20.8. The second-order valence-corrected chi connectivity index (χ2v) is 11.9. The first-order valence-corrected chi connectivity index (χ1v) is 13.7. The molecule has 0 saturated heterocycles. The zero-order valence-corrected chi connectivity index (χ0v) is 21.6. The van der Waals surface area contributed by atoms with E-state index < -0.39 is 46.7 Å². The average molecular weight is 557 g/mol. The highest BCUT2D eigenvalue weighted by atomic mass is 35.5. The van der Waals surface area contributed by atoms with E-state index >= 15 is 0 Å². The van der Waals surface area contributed by atoms with E-state index in [1.54, 1.807) is 0 Å². The third-order valence-corrected chi connectivity index (χ3v) is 9.29. The smallest absolute Gasteiger partial charge is 0.391 e. The number of rotatable bonds is 8. The Morgan fingerprint density at radius 2 is 1.46 bits per heavy atom. The number of halogens is 5. The first-order chi connectivity index (χ1) is 17.4. The fraction of sp³-hybridized carbons (Fsp3) is 0.920. The fourth-order valence-electron chi connectivity index (χ4n) is 6.45. The van der Waals surface area contributed by atoms with Crippen LogP contribution in [0.1, 0.15) is 77.0 Å². The molecule has 0 aromatic carbocycles. The molecule has 0 aromatic rings. The molecule has 2 bridgehead atoms. The number of amides is 2. The molecule has 5 aliphatic rings. The number of ether oxygens (including phenoxy) is 2. The van der Waals surface area contributed by atoms with E-state index in [0.29, 0.717) is 38.5 Å². The largest absolute Gasteiger partial charge is 0.391 e. The van der Waals surface area contributed by atoms with Crippen molar-refractivity contribution in [3.63, 3.8) is 0 Å². The van der Waals surface area contributed by atoms with Gasteiger partial charge in [0.25, 0.3) is 0 Å². The number of hydrogen-bond donors (Lipinski definition) is 3. The number of carbonyl (C=O) groups excluding carboxylic acids is 2. The van der Waals surface area contributed by atoms with Gasteiger partial charge in [0.1, 0.15) is 19.4 Å². The SMILES string of the molecule is O=C(COC1CCC(Cl)C(F)C1)NC12CCC(NC(=O)COC3CCC(C(F)(F)F)CC3)(CC1)[C@@H](O)C2. The normalized spacial score (nSPS) is 40.3. The van der Waals surface area contributed by atoms with Crippen molar-refractivity contribution in [2.45, 2.75) is 124 Å². The topological polar surface area (TPSA) is 96.9 Å². The molecule has 0 spiro atoms. The van der Waals surface area contributed by atoms with Gasteiger partial charge in [-0.1, -0.05) is 0 Å². The van der Waals surface area contributed by atoms with Crippen LogP contribution in [0.5, 0.6) is 0 Å². The van der Waals surface area contributed by atoms with Crippen molar-refractivity contribution in [2.75, 3.05) is 13.2 Å². The van der Waals surface area contributed by atoms with Crippen LogP contribution in [-0.4, -0.2) is 77.2 Å². The van der Waals surface area contributed by atoms with Crippen molar-refractivity contribution in [3.8, 4) is 0 Å². The molecule has 3 unspecified atom stereocenters. The standard InChI is InChI=1S/C25H37ClF4N2O5/c26-18-6-5-17(11-19(18)27)37-13-21(34)31-23-7-9-24(10-8-23,20(33)12-23)32-22(35)14-36-16-3-1-15(2-4-16)25(28,29)30/h15-20,33H,1-14H2,(H,31,34)(H,32,35)/t15?,16?,17?,18?,19?,20-,23?,24?/m0/s1. The molecule has 4 atom stereocenters. The Kier molecular flexibility index (Phi) is 8.97. The van der Waals surface area contributed by atoms with Gasteiger partial charge in [-0.2, -0.15) is 13.2 Å². The molecule has 0 heterocycles. The van der Waals surface area contributed by atoms with Gasteiger partial charge < -0.3 is 25.2 Å². The minimum atomic E-state index is -4.19. The van der Waals surface area contributed by atoms with Gasteiger partial charge in [0.2, 0.25) is 11.8 Å². The van der Waals surface area contributed by atoms with Gasteiger partial charge in [-0.3, -0.25) is 9.59 Å². The third kappa shape index (κ3) is 7.08. The van der Waals surface area contributed by atoms with E-state index in [2.05, 4.69) is 10.6 Å². The molecule has 5 rings (SSSR count). The van der Waals surface area contributed by atoms with Crippen LogP contribution in [0, 0.1) is 5.92 Å². The molecule has 3 N–H and O–H groups in total. The van der Waals surface area contributed by atoms with Gasteiger partial charge >= 0.3 is 6.18 Å². The number of nitrogens with one attached hydrogen (secondary N) is 2. The molecule has 0 aliphatic heterocycles. The summed E-state index contributed by atoms with van der Waals surface area (Å²) in [6.45, 7) is -0.452. The lowest BCUT2D eigenvalue weighted by Gasteiger charge is -2.56. The summed E-state index contributed by atoms with van der Waals surface area (Å²) >= 11 is 5.89. The summed E-state index contributed by atoms with van der Waals surface area (Å²) in [5.41, 5.74) is -1.40. The van der Waals surface area contributed by atoms with Crippen LogP contribution in [0.4, 0.5) is 17.6 Å². The second-order valence-electron chi connectivity index (χ2n) is 11.4. The summed E-state index contributed by atoms with van der Waals surface area (Å²) in [7, 11) is 0. The van der Waals surface area contributed by atoms with Crippen LogP contribution in [0.15, 0.2) is 0 Å². The summed E-state index contributed by atoms with van der Waals surface area (Å²) in [5.74, 6) is -2.02. The van der Waals surface area contributed by atoms with Gasteiger partial charge in [0.15, 0.2) is 0 Å². The van der Waals surface area contributed by atoms with Crippen LogP contribution in [0.25, 0.3) is 0 Å². The van der Waals surface area contributed by atoms with Crippen molar-refractivity contribution in [1.82, 2.24) is 10.6 Å². The number of aliphatic hydroxyl groups excluding tert-OH is 1. The van der Waals surface area contributed by atoms with E-state index in [9.17, 15) is 32.3 Å². The second kappa shape index (κ2) is 11.5. The average Bonchev–Trinajstić information content (AvgIpc) is 2.84. The number of aliphatic hydroxyl groups is 1. The number of alkyl halides is 5. The maximum Gasteiger partial charge on any atom is 0.391 e. The number of carbonyl (C=O) groups is 2. The zero-order chi connectivity index (χ0) is 26.8. The highest BCUT2D eigenvalue weighted by Gasteiger charge is 2.55. The lowest BCUT2D eigenvalue weighted by atomic mass is 9.60. The molecule has 37 heavy (non-hydrogen) atoms. The van der Waals surface area contributed by atoms with E-state index in [1.807, 2.05) is 0 Å². The molecule has 12 heteroatoms. The van der Waals surface area contributed by atoms with Crippen molar-refractivity contribution in [2.24, 2.45) is 5.92 Å². The Labute approximate surface area is 219 Å². The molecule has 5 fully saturated rings. The molecule has 0 radical (unpaired) electrons. The molecule has 5 saturated carbocycles. The maximum atomic E-state index is 13.8.